The number of nitro benzene ring substituents is 1. The lowest BCUT2D eigenvalue weighted by molar-refractivity contribution is -0.384. The Bertz CT molecular complexity index is 1220. The summed E-state index contributed by atoms with van der Waals surface area (Å²) in [5.41, 5.74) is 1.44. The van der Waals surface area contributed by atoms with Gasteiger partial charge in [-0.15, -0.1) is 0 Å². The van der Waals surface area contributed by atoms with Crippen LogP contribution in [-0.4, -0.2) is 16.8 Å². The molecule has 0 saturated heterocycles. The number of esters is 1. The second kappa shape index (κ2) is 8.58. The van der Waals surface area contributed by atoms with E-state index < -0.39 is 16.7 Å². The molecule has 1 aliphatic heterocycles. The van der Waals surface area contributed by atoms with E-state index >= 15 is 0 Å². The Balaban J connectivity index is 1.55. The number of para-hydroxylation sites is 1. The number of benzene rings is 3. The zero-order chi connectivity index (χ0) is 21.8. The molecular weight excluding hydrogens is 403 g/mol. The van der Waals surface area contributed by atoms with E-state index in [4.69, 9.17) is 9.47 Å². The van der Waals surface area contributed by atoms with Crippen molar-refractivity contribution in [3.63, 3.8) is 0 Å². The predicted molar refractivity (Wildman–Crippen MR) is 111 cm³/mol. The van der Waals surface area contributed by atoms with Gasteiger partial charge in [0.1, 0.15) is 18.2 Å². The average molecular weight is 418 g/mol. The Morgan fingerprint density at radius 1 is 1.03 bits per heavy atom. The number of rotatable bonds is 6. The normalized spacial score (nSPS) is 14.3. The van der Waals surface area contributed by atoms with Crippen molar-refractivity contribution in [3.05, 3.63) is 111 Å². The third-order valence-corrected chi connectivity index (χ3v) is 4.48. The molecule has 0 atom stereocenters. The lowest BCUT2D eigenvalue weighted by Crippen LogP contribution is -2.07. The maximum Gasteiger partial charge on any atom is 0.363 e. The molecule has 0 aromatic heterocycles. The van der Waals surface area contributed by atoms with Gasteiger partial charge in [0.15, 0.2) is 5.70 Å². The number of aliphatic imine (C=N–C) groups is 1. The number of non-ortho nitro benzene ring substituents is 1. The molecule has 4 rings (SSSR count). The number of ether oxygens (including phenoxy) is 2. The summed E-state index contributed by atoms with van der Waals surface area (Å²) in [4.78, 5) is 26.6. The highest BCUT2D eigenvalue weighted by Gasteiger charge is 2.26. The average Bonchev–Trinajstić information content (AvgIpc) is 3.13. The molecule has 0 aliphatic carbocycles. The fraction of sp³-hybridized carbons (Fsp3) is 0.0435. The van der Waals surface area contributed by atoms with Crippen molar-refractivity contribution in [1.29, 1.82) is 0 Å². The maximum atomic E-state index is 14.0. The summed E-state index contributed by atoms with van der Waals surface area (Å²) in [5, 5.41) is 10.8. The molecule has 1 aliphatic rings. The molecule has 31 heavy (non-hydrogen) atoms. The molecule has 0 unspecified atom stereocenters. The van der Waals surface area contributed by atoms with E-state index in [0.717, 1.165) is 5.56 Å². The first-order valence-electron chi connectivity index (χ1n) is 9.24. The van der Waals surface area contributed by atoms with Gasteiger partial charge in [-0.1, -0.05) is 30.3 Å². The summed E-state index contributed by atoms with van der Waals surface area (Å²) in [5.74, 6) is -0.847. The molecule has 0 amide bonds. The summed E-state index contributed by atoms with van der Waals surface area (Å²) >= 11 is 0. The van der Waals surface area contributed by atoms with Crippen LogP contribution in [0, 0.1) is 15.9 Å². The van der Waals surface area contributed by atoms with Gasteiger partial charge >= 0.3 is 5.97 Å². The van der Waals surface area contributed by atoms with E-state index in [1.807, 2.05) is 0 Å². The molecule has 3 aromatic carbocycles. The third kappa shape index (κ3) is 4.48. The van der Waals surface area contributed by atoms with Gasteiger partial charge in [0, 0.05) is 17.7 Å². The Morgan fingerprint density at radius 3 is 2.48 bits per heavy atom. The number of cyclic esters (lactones) is 1. The van der Waals surface area contributed by atoms with Crippen LogP contribution >= 0.6 is 0 Å². The van der Waals surface area contributed by atoms with Gasteiger partial charge in [-0.3, -0.25) is 10.1 Å². The summed E-state index contributed by atoms with van der Waals surface area (Å²) in [7, 11) is 0. The minimum absolute atomic E-state index is 0.00264. The number of hydrogen-bond acceptors (Lipinski definition) is 6. The quantitative estimate of drug-likeness (QED) is 0.251. The highest BCUT2D eigenvalue weighted by atomic mass is 19.1. The van der Waals surface area contributed by atoms with Gasteiger partial charge in [0.25, 0.3) is 5.69 Å². The van der Waals surface area contributed by atoms with Crippen LogP contribution in [0.2, 0.25) is 0 Å². The first-order chi connectivity index (χ1) is 15.0. The molecule has 0 saturated carbocycles. The first-order valence-corrected chi connectivity index (χ1v) is 9.24. The molecular formula is C23H15FN2O5. The molecule has 154 valence electrons. The van der Waals surface area contributed by atoms with Crippen LogP contribution in [0.3, 0.4) is 0 Å². The Morgan fingerprint density at radius 2 is 1.74 bits per heavy atom. The highest BCUT2D eigenvalue weighted by molar-refractivity contribution is 6.13. The fourth-order valence-corrected chi connectivity index (χ4v) is 2.91. The van der Waals surface area contributed by atoms with E-state index in [1.54, 1.807) is 42.5 Å². The molecule has 7 nitrogen and oxygen atoms in total. The van der Waals surface area contributed by atoms with Gasteiger partial charge in [-0.05, 0) is 42.0 Å². The molecule has 0 fully saturated rings. The van der Waals surface area contributed by atoms with Crippen LogP contribution in [0.15, 0.2) is 83.5 Å². The van der Waals surface area contributed by atoms with Crippen molar-refractivity contribution in [1.82, 2.24) is 0 Å². The van der Waals surface area contributed by atoms with E-state index in [0.29, 0.717) is 11.3 Å². The van der Waals surface area contributed by atoms with Crippen LogP contribution in [-0.2, 0) is 16.1 Å². The molecule has 8 heteroatoms. The summed E-state index contributed by atoms with van der Waals surface area (Å²) < 4.78 is 24.9. The zero-order valence-electron chi connectivity index (χ0n) is 16.0. The lowest BCUT2D eigenvalue weighted by Gasteiger charge is -2.09. The van der Waals surface area contributed by atoms with E-state index in [2.05, 4.69) is 4.99 Å². The summed E-state index contributed by atoms with van der Waals surface area (Å²) in [6.45, 7) is 0.173. The Hall–Kier alpha value is -4.33. The lowest BCUT2D eigenvalue weighted by atomic mass is 10.1. The monoisotopic (exact) mass is 418 g/mol. The third-order valence-electron chi connectivity index (χ3n) is 4.48. The molecule has 0 N–H and O–H groups in total. The second-order valence-corrected chi connectivity index (χ2v) is 6.57. The van der Waals surface area contributed by atoms with Crippen LogP contribution in [0.4, 0.5) is 10.1 Å². The minimum atomic E-state index is -0.691. The van der Waals surface area contributed by atoms with E-state index in [-0.39, 0.29) is 29.5 Å². The molecule has 3 aromatic rings. The smallest absolute Gasteiger partial charge is 0.363 e. The van der Waals surface area contributed by atoms with Crippen LogP contribution in [0.25, 0.3) is 6.08 Å². The van der Waals surface area contributed by atoms with Gasteiger partial charge < -0.3 is 9.47 Å². The topological polar surface area (TPSA) is 91.0 Å². The van der Waals surface area contributed by atoms with Gasteiger partial charge in [0.05, 0.1) is 10.5 Å². The van der Waals surface area contributed by atoms with Gasteiger partial charge in [0.2, 0.25) is 5.90 Å². The van der Waals surface area contributed by atoms with Crippen LogP contribution < -0.4 is 4.74 Å². The predicted octanol–water partition coefficient (Wildman–Crippen LogP) is 4.66. The van der Waals surface area contributed by atoms with E-state index in [1.165, 1.54) is 36.4 Å². The minimum Gasteiger partial charge on any atom is -0.488 e. The summed E-state index contributed by atoms with van der Waals surface area (Å²) in [6, 6.07) is 18.9. The number of nitro groups is 1. The number of hydrogen-bond donors (Lipinski definition) is 0. The van der Waals surface area contributed by atoms with Gasteiger partial charge in [-0.25, -0.2) is 14.2 Å². The first kappa shape index (κ1) is 20.0. The van der Waals surface area contributed by atoms with Crippen molar-refractivity contribution in [3.8, 4) is 5.75 Å². The summed E-state index contributed by atoms with van der Waals surface area (Å²) in [6.07, 6.45) is 1.50. The van der Waals surface area contributed by atoms with Crippen LogP contribution in [0.1, 0.15) is 16.7 Å². The Kier molecular flexibility index (Phi) is 5.53. The highest BCUT2D eigenvalue weighted by Crippen LogP contribution is 2.26. The van der Waals surface area contributed by atoms with Gasteiger partial charge in [-0.2, -0.15) is 0 Å². The Labute approximate surface area is 176 Å². The molecule has 0 bridgehead atoms. The largest absolute Gasteiger partial charge is 0.488 e. The molecule has 0 spiro atoms. The number of nitrogens with zero attached hydrogens (tertiary/aromatic N) is 2. The van der Waals surface area contributed by atoms with Crippen molar-refractivity contribution in [2.75, 3.05) is 0 Å². The number of halogens is 1. The van der Waals surface area contributed by atoms with Crippen molar-refractivity contribution < 1.29 is 23.6 Å². The molecule has 1 heterocycles. The fourth-order valence-electron chi connectivity index (χ4n) is 2.91. The number of carbonyl (C=O) groups is 1. The molecule has 0 radical (unpaired) electrons. The number of carbonyl (C=O) groups excluding carboxylic acids is 1. The van der Waals surface area contributed by atoms with E-state index in [9.17, 15) is 19.3 Å². The van der Waals surface area contributed by atoms with Crippen LogP contribution in [0.5, 0.6) is 5.75 Å². The second-order valence-electron chi connectivity index (χ2n) is 6.57. The zero-order valence-corrected chi connectivity index (χ0v) is 16.0. The standard InChI is InChI=1S/C23H15FN2O5/c24-19-7-3-2-6-18(19)22-25-20(23(27)31-22)13-16-5-1-4-8-21(16)30-14-15-9-11-17(12-10-15)26(28)29/h1-13H,14H2. The maximum absolute atomic E-state index is 14.0. The van der Waals surface area contributed by atoms with Crippen molar-refractivity contribution >= 4 is 23.6 Å². The van der Waals surface area contributed by atoms with Crippen molar-refractivity contribution in [2.45, 2.75) is 6.61 Å². The van der Waals surface area contributed by atoms with Crippen molar-refractivity contribution in [2.24, 2.45) is 4.99 Å². The SMILES string of the molecule is O=C1OC(c2ccccc2F)=NC1=Cc1ccccc1OCc1ccc([N+](=O)[O-])cc1.